The molecule has 5 aromatic carbocycles. The summed E-state index contributed by atoms with van der Waals surface area (Å²) in [6, 6.07) is 40.2. The van der Waals surface area contributed by atoms with Gasteiger partial charge in [0.1, 0.15) is 5.75 Å². The van der Waals surface area contributed by atoms with Crippen LogP contribution in [-0.4, -0.2) is 21.7 Å². The van der Waals surface area contributed by atoms with Crippen LogP contribution < -0.4 is 0 Å². The van der Waals surface area contributed by atoms with Gasteiger partial charge in [-0.1, -0.05) is 98.4 Å². The summed E-state index contributed by atoms with van der Waals surface area (Å²) in [5.41, 5.74) is 9.97. The molecule has 0 saturated carbocycles. The molecule has 0 saturated heterocycles. The molecule has 1 aliphatic rings. The molecule has 0 radical (unpaired) electrons. The van der Waals surface area contributed by atoms with Crippen molar-refractivity contribution >= 4 is 59.0 Å². The summed E-state index contributed by atoms with van der Waals surface area (Å²) in [7, 11) is 1.69. The molecule has 224 valence electrons. The summed E-state index contributed by atoms with van der Waals surface area (Å²) in [5, 5.41) is 18.9. The smallest absolute Gasteiger partial charge is 0.110 e. The molecule has 0 aliphatic heterocycles. The summed E-state index contributed by atoms with van der Waals surface area (Å²) < 4.78 is 4.75. The normalized spacial score (nSPS) is 11.6. The number of phenols is 1. The molecule has 0 spiro atoms. The maximum Gasteiger partial charge on any atom is 0.110 e. The number of aryl methyl sites for hydroxylation is 2. The van der Waals surface area contributed by atoms with Gasteiger partial charge in [0.25, 0.3) is 0 Å². The molecule has 3 heterocycles. The first-order valence-corrected chi connectivity index (χ1v) is 16.1. The SMILES string of the molecule is CC.C[N-]c1ccc2sc3ccccc3c2c1O.[W].c1ccc(-n2c3c(c4ccccc42)CCc2[nH]c4ccccc4c2-3)cc1. The van der Waals surface area contributed by atoms with Crippen molar-refractivity contribution in [2.45, 2.75) is 26.7 Å². The summed E-state index contributed by atoms with van der Waals surface area (Å²) in [5.74, 6) is 0.289. The van der Waals surface area contributed by atoms with Crippen LogP contribution in [0.1, 0.15) is 25.1 Å². The number of nitrogens with zero attached hydrogens (tertiary/aromatic N) is 2. The van der Waals surface area contributed by atoms with Crippen molar-refractivity contribution in [2.24, 2.45) is 0 Å². The molecular weight excluding hydrogens is 742 g/mol. The van der Waals surface area contributed by atoms with Gasteiger partial charge in [-0.05, 0) is 54.8 Å². The van der Waals surface area contributed by atoms with Crippen LogP contribution >= 0.6 is 11.3 Å². The van der Waals surface area contributed by atoms with Gasteiger partial charge in [0.2, 0.25) is 0 Å². The minimum atomic E-state index is 0. The molecule has 3 aromatic heterocycles. The van der Waals surface area contributed by atoms with E-state index in [-0.39, 0.29) is 26.8 Å². The van der Waals surface area contributed by atoms with E-state index in [0.717, 1.165) is 28.3 Å². The molecule has 8 aromatic rings. The van der Waals surface area contributed by atoms with E-state index in [1.807, 2.05) is 44.2 Å². The Morgan fingerprint density at radius 1 is 0.711 bits per heavy atom. The molecular formula is C39H34N3OSW-. The van der Waals surface area contributed by atoms with Crippen molar-refractivity contribution in [3.63, 3.8) is 0 Å². The number of hydrogen-bond donors (Lipinski definition) is 2. The second-order valence-electron chi connectivity index (χ2n) is 10.7. The number of aromatic nitrogens is 2. The van der Waals surface area contributed by atoms with Crippen molar-refractivity contribution in [1.29, 1.82) is 0 Å². The molecule has 0 unspecified atom stereocenters. The Bertz CT molecular complexity index is 2260. The van der Waals surface area contributed by atoms with Crippen molar-refractivity contribution < 1.29 is 26.2 Å². The predicted octanol–water partition coefficient (Wildman–Crippen LogP) is 11.3. The van der Waals surface area contributed by atoms with Crippen LogP contribution in [0.2, 0.25) is 0 Å². The Hall–Kier alpha value is -4.31. The Morgan fingerprint density at radius 2 is 1.38 bits per heavy atom. The molecule has 45 heavy (non-hydrogen) atoms. The first kappa shape index (κ1) is 30.7. The van der Waals surface area contributed by atoms with Crippen molar-refractivity contribution in [3.05, 3.63) is 132 Å². The molecule has 2 N–H and O–H groups in total. The van der Waals surface area contributed by atoms with Crippen LogP contribution in [0.3, 0.4) is 0 Å². The van der Waals surface area contributed by atoms with Gasteiger partial charge in [0, 0.05) is 74.5 Å². The van der Waals surface area contributed by atoms with Crippen LogP contribution in [-0.2, 0) is 33.9 Å². The summed E-state index contributed by atoms with van der Waals surface area (Å²) >= 11 is 1.69. The number of H-pyrrole nitrogens is 1. The molecule has 9 rings (SSSR count). The maximum absolute atomic E-state index is 10.1. The number of aromatic hydroxyl groups is 1. The Morgan fingerprint density at radius 3 is 2.16 bits per heavy atom. The third-order valence-corrected chi connectivity index (χ3v) is 9.51. The molecule has 6 heteroatoms. The largest absolute Gasteiger partial charge is 0.684 e. The van der Waals surface area contributed by atoms with Crippen molar-refractivity contribution in [3.8, 4) is 22.7 Å². The minimum Gasteiger partial charge on any atom is -0.684 e. The number of rotatable bonds is 2. The first-order valence-electron chi connectivity index (χ1n) is 15.2. The van der Waals surface area contributed by atoms with Crippen LogP contribution in [0.5, 0.6) is 5.75 Å². The monoisotopic (exact) mass is 776 g/mol. The molecule has 0 fully saturated rings. The minimum absolute atomic E-state index is 0. The fourth-order valence-corrected chi connectivity index (χ4v) is 7.65. The van der Waals surface area contributed by atoms with Gasteiger partial charge in [-0.25, -0.2) is 0 Å². The number of thiophene rings is 1. The predicted molar refractivity (Wildman–Crippen MR) is 189 cm³/mol. The second-order valence-corrected chi connectivity index (χ2v) is 11.8. The number of fused-ring (bicyclic) bond motifs is 10. The van der Waals surface area contributed by atoms with E-state index in [2.05, 4.69) is 99.8 Å². The van der Waals surface area contributed by atoms with E-state index in [0.29, 0.717) is 5.69 Å². The van der Waals surface area contributed by atoms with E-state index in [4.69, 9.17) is 0 Å². The molecule has 0 atom stereocenters. The van der Waals surface area contributed by atoms with Crippen LogP contribution in [0.4, 0.5) is 5.69 Å². The number of phenolic OH excluding ortho intramolecular Hbond substituents is 1. The zero-order valence-electron chi connectivity index (χ0n) is 25.5. The number of hydrogen-bond acceptors (Lipinski definition) is 2. The van der Waals surface area contributed by atoms with Gasteiger partial charge in [0.15, 0.2) is 0 Å². The fraction of sp³-hybridized carbons (Fsp3) is 0.128. The number of benzene rings is 5. The van der Waals surface area contributed by atoms with E-state index in [1.165, 1.54) is 54.7 Å². The first-order chi connectivity index (χ1) is 21.7. The molecule has 0 bridgehead atoms. The van der Waals surface area contributed by atoms with E-state index in [9.17, 15) is 5.11 Å². The summed E-state index contributed by atoms with van der Waals surface area (Å²) in [6.07, 6.45) is 2.15. The van der Waals surface area contributed by atoms with Gasteiger partial charge >= 0.3 is 0 Å². The van der Waals surface area contributed by atoms with Gasteiger partial charge in [0.05, 0.1) is 11.2 Å². The van der Waals surface area contributed by atoms with Crippen LogP contribution in [0.25, 0.3) is 64.2 Å². The number of para-hydroxylation sites is 3. The third-order valence-electron chi connectivity index (χ3n) is 8.38. The Kier molecular flexibility index (Phi) is 8.85. The number of nitrogens with one attached hydrogen (secondary N) is 1. The molecule has 1 aliphatic carbocycles. The van der Waals surface area contributed by atoms with Crippen molar-refractivity contribution in [1.82, 2.24) is 9.55 Å². The maximum atomic E-state index is 10.1. The van der Waals surface area contributed by atoms with Gasteiger partial charge < -0.3 is 20.0 Å². The quantitative estimate of drug-likeness (QED) is 0.180. The van der Waals surface area contributed by atoms with Crippen LogP contribution in [0, 0.1) is 0 Å². The average Bonchev–Trinajstić information content (AvgIpc) is 3.76. The second kappa shape index (κ2) is 13.0. The standard InChI is InChI=1S/C24H18N2.C13H10NOS.C2H6.W/c1-2-8-16(9-3-1)26-22-13-7-5-10-17(22)18-14-15-21-23(24(18)26)19-11-4-6-12-20(19)25-21;1-14-9-6-7-11-12(13(9)15)8-4-2-3-5-10(8)16-11;1-2;/h1-13,25H,14-15H2;2-7,15H,1H3;1-2H3;/q;-1;;. The summed E-state index contributed by atoms with van der Waals surface area (Å²) in [6.45, 7) is 4.00. The molecule has 0 amide bonds. The zero-order valence-corrected chi connectivity index (χ0v) is 29.3. The summed E-state index contributed by atoms with van der Waals surface area (Å²) in [4.78, 5) is 3.67. The zero-order chi connectivity index (χ0) is 30.2. The van der Waals surface area contributed by atoms with E-state index >= 15 is 0 Å². The Balaban J connectivity index is 0.000000163. The van der Waals surface area contributed by atoms with Gasteiger partial charge in [-0.2, -0.15) is 0 Å². The third kappa shape index (κ3) is 5.14. The average molecular weight is 777 g/mol. The molecule has 4 nitrogen and oxygen atoms in total. The van der Waals surface area contributed by atoms with Gasteiger partial charge in [-0.3, -0.25) is 0 Å². The van der Waals surface area contributed by atoms with E-state index < -0.39 is 0 Å². The number of aromatic amines is 1. The van der Waals surface area contributed by atoms with Crippen LogP contribution in [0.15, 0.2) is 115 Å². The van der Waals surface area contributed by atoms with Crippen molar-refractivity contribution in [2.75, 3.05) is 7.05 Å². The Labute approximate surface area is 281 Å². The fourth-order valence-electron chi connectivity index (χ4n) is 6.54. The topological polar surface area (TPSA) is 55.0 Å². The van der Waals surface area contributed by atoms with E-state index in [1.54, 1.807) is 18.4 Å². The van der Waals surface area contributed by atoms with Gasteiger partial charge in [-0.15, -0.1) is 18.4 Å².